The van der Waals surface area contributed by atoms with E-state index in [0.717, 1.165) is 80.1 Å². The number of fused-ring (bicyclic) bond motifs is 7. The molecular formula is C62H67NO10. The van der Waals surface area contributed by atoms with Gasteiger partial charge in [-0.3, -0.25) is 9.59 Å². The topological polar surface area (TPSA) is 164 Å². The number of hydrogen-bond acceptors (Lipinski definition) is 11. The molecule has 5 N–H and O–H groups in total. The molecule has 0 aliphatic heterocycles. The van der Waals surface area contributed by atoms with Crippen LogP contribution >= 0.6 is 0 Å². The number of phenols is 3. The molecule has 0 radical (unpaired) electrons. The Morgan fingerprint density at radius 2 is 1.53 bits per heavy atom. The van der Waals surface area contributed by atoms with Crippen LogP contribution in [-0.4, -0.2) is 72.4 Å². The lowest BCUT2D eigenvalue weighted by atomic mass is 9.46. The van der Waals surface area contributed by atoms with E-state index in [2.05, 4.69) is 35.7 Å². The van der Waals surface area contributed by atoms with Crippen molar-refractivity contribution in [3.05, 3.63) is 154 Å². The first-order valence-corrected chi connectivity index (χ1v) is 25.9. The summed E-state index contributed by atoms with van der Waals surface area (Å²) in [7, 11) is 4.97. The number of allylic oxidation sites excluding steroid dienone is 1. The summed E-state index contributed by atoms with van der Waals surface area (Å²) in [5, 5.41) is 50.5. The van der Waals surface area contributed by atoms with E-state index >= 15 is 4.79 Å². The van der Waals surface area contributed by atoms with Crippen LogP contribution in [0.2, 0.25) is 0 Å². The molecule has 7 unspecified atom stereocenters. The van der Waals surface area contributed by atoms with Gasteiger partial charge in [-0.05, 0) is 167 Å². The highest BCUT2D eigenvalue weighted by Crippen LogP contribution is 2.65. The SMILES string of the molecule is CNCc1cccc(-c2cc(O)cc3ccc(C4(C(=O)OC5CC(OC(C)=O)C6Cc7cc(OC)c(O)cc7C(CO)C6(C=Cc6ccccc6)C6CCc7cc(O)c(OC)cc7C6C5)CCCCC4)cc23)c1. The predicted molar refractivity (Wildman–Crippen MR) is 282 cm³/mol. The number of esters is 2. The number of aliphatic hydroxyl groups excluding tert-OH is 1. The maximum atomic E-state index is 15.8. The Morgan fingerprint density at radius 1 is 0.767 bits per heavy atom. The van der Waals surface area contributed by atoms with Gasteiger partial charge in [0.2, 0.25) is 0 Å². The molecule has 380 valence electrons. The first kappa shape index (κ1) is 49.7. The molecule has 0 aromatic heterocycles. The van der Waals surface area contributed by atoms with Gasteiger partial charge in [0, 0.05) is 37.1 Å². The van der Waals surface area contributed by atoms with E-state index in [1.807, 2.05) is 73.8 Å². The molecule has 0 heterocycles. The second kappa shape index (κ2) is 20.6. The Kier molecular flexibility index (Phi) is 14.0. The highest BCUT2D eigenvalue weighted by atomic mass is 16.6. The summed E-state index contributed by atoms with van der Waals surface area (Å²) in [4.78, 5) is 29.4. The summed E-state index contributed by atoms with van der Waals surface area (Å²) in [5.41, 5.74) is 6.50. The highest BCUT2D eigenvalue weighted by Gasteiger charge is 2.60. The molecule has 2 fully saturated rings. The monoisotopic (exact) mass is 985 g/mol. The summed E-state index contributed by atoms with van der Waals surface area (Å²) in [5.74, 6) is -1.52. The minimum Gasteiger partial charge on any atom is -0.508 e. The van der Waals surface area contributed by atoms with Crippen LogP contribution in [0.4, 0.5) is 0 Å². The number of ether oxygens (including phenoxy) is 4. The van der Waals surface area contributed by atoms with E-state index in [-0.39, 0.29) is 48.1 Å². The molecule has 11 heteroatoms. The quantitative estimate of drug-likeness (QED) is 0.0742. The fourth-order valence-electron chi connectivity index (χ4n) is 13.8. The van der Waals surface area contributed by atoms with Crippen LogP contribution in [0.3, 0.4) is 0 Å². The average molecular weight is 986 g/mol. The molecular weight excluding hydrogens is 919 g/mol. The molecule has 6 aromatic rings. The van der Waals surface area contributed by atoms with Crippen molar-refractivity contribution in [2.24, 2.45) is 17.3 Å². The van der Waals surface area contributed by atoms with Crippen LogP contribution in [0.1, 0.15) is 109 Å². The number of aromatic hydroxyl groups is 3. The number of aryl methyl sites for hydroxylation is 1. The number of methoxy groups -OCH3 is 2. The van der Waals surface area contributed by atoms with Crippen molar-refractivity contribution in [1.82, 2.24) is 5.32 Å². The molecule has 4 aliphatic rings. The molecule has 73 heavy (non-hydrogen) atoms. The molecule has 7 atom stereocenters. The van der Waals surface area contributed by atoms with Crippen molar-refractivity contribution >= 4 is 28.8 Å². The van der Waals surface area contributed by atoms with Crippen molar-refractivity contribution < 1.29 is 49.0 Å². The summed E-state index contributed by atoms with van der Waals surface area (Å²) in [6, 6.07) is 35.3. The second-order valence-corrected chi connectivity index (χ2v) is 20.9. The van der Waals surface area contributed by atoms with Crippen LogP contribution in [0, 0.1) is 17.3 Å². The smallest absolute Gasteiger partial charge is 0.316 e. The van der Waals surface area contributed by atoms with Crippen LogP contribution in [0.5, 0.6) is 28.7 Å². The summed E-state index contributed by atoms with van der Waals surface area (Å²) in [6.07, 6.45) is 8.90. The van der Waals surface area contributed by atoms with Crippen molar-refractivity contribution in [3.63, 3.8) is 0 Å². The van der Waals surface area contributed by atoms with Gasteiger partial charge in [0.25, 0.3) is 0 Å². The number of carbonyl (C=O) groups excluding carboxylic acids is 2. The lowest BCUT2D eigenvalue weighted by Gasteiger charge is -2.59. The largest absolute Gasteiger partial charge is 0.508 e. The number of carbonyl (C=O) groups is 2. The van der Waals surface area contributed by atoms with Crippen molar-refractivity contribution in [1.29, 1.82) is 0 Å². The highest BCUT2D eigenvalue weighted by molar-refractivity contribution is 5.99. The Labute approximate surface area is 427 Å². The molecule has 0 saturated heterocycles. The number of benzene rings is 6. The zero-order valence-corrected chi connectivity index (χ0v) is 42.2. The molecule has 0 spiro atoms. The normalized spacial score (nSPS) is 24.2. The van der Waals surface area contributed by atoms with Gasteiger partial charge in [0.15, 0.2) is 23.0 Å². The third-order valence-electron chi connectivity index (χ3n) is 17.0. The molecule has 0 amide bonds. The number of phenolic OH excluding ortho intramolecular Hbond substituents is 3. The van der Waals surface area contributed by atoms with E-state index < -0.39 is 40.8 Å². The molecule has 4 aliphatic carbocycles. The molecule has 0 bridgehead atoms. The Balaban J connectivity index is 1.13. The average Bonchev–Trinajstić information content (AvgIpc) is 3.39. The number of nitrogens with one attached hydrogen (secondary N) is 1. The number of rotatable bonds is 12. The lowest BCUT2D eigenvalue weighted by Crippen LogP contribution is -2.56. The molecule has 10 rings (SSSR count). The van der Waals surface area contributed by atoms with Crippen LogP contribution in [0.25, 0.3) is 28.0 Å². The first-order chi connectivity index (χ1) is 35.4. The van der Waals surface area contributed by atoms with Gasteiger partial charge in [-0.1, -0.05) is 92.1 Å². The molecule has 6 aromatic carbocycles. The minimum absolute atomic E-state index is 0.0309. The third kappa shape index (κ3) is 9.20. The van der Waals surface area contributed by atoms with Crippen molar-refractivity contribution in [2.75, 3.05) is 27.9 Å². The van der Waals surface area contributed by atoms with Crippen LogP contribution in [-0.2, 0) is 43.9 Å². The zero-order valence-electron chi connectivity index (χ0n) is 42.2. The van der Waals surface area contributed by atoms with E-state index in [0.29, 0.717) is 56.6 Å². The fourth-order valence-corrected chi connectivity index (χ4v) is 13.8. The Bertz CT molecular complexity index is 3050. The lowest BCUT2D eigenvalue weighted by molar-refractivity contribution is -0.170. The van der Waals surface area contributed by atoms with Gasteiger partial charge in [-0.15, -0.1) is 0 Å². The zero-order chi connectivity index (χ0) is 51.0. The fraction of sp³-hybridized carbons (Fsp3) is 0.387. The van der Waals surface area contributed by atoms with Crippen LogP contribution < -0.4 is 14.8 Å². The van der Waals surface area contributed by atoms with Crippen molar-refractivity contribution in [2.45, 2.75) is 107 Å². The number of aliphatic hydroxyl groups is 1. The van der Waals surface area contributed by atoms with E-state index in [4.69, 9.17) is 18.9 Å². The van der Waals surface area contributed by atoms with Crippen LogP contribution in [0.15, 0.2) is 115 Å². The van der Waals surface area contributed by atoms with E-state index in [9.17, 15) is 25.2 Å². The summed E-state index contributed by atoms with van der Waals surface area (Å²) < 4.78 is 25.1. The van der Waals surface area contributed by atoms with Gasteiger partial charge in [0.05, 0.1) is 26.2 Å². The van der Waals surface area contributed by atoms with E-state index in [1.165, 1.54) is 21.1 Å². The summed E-state index contributed by atoms with van der Waals surface area (Å²) in [6.45, 7) is 1.84. The number of hydrogen-bond donors (Lipinski definition) is 5. The van der Waals surface area contributed by atoms with Gasteiger partial charge < -0.3 is 44.7 Å². The molecule has 11 nitrogen and oxygen atoms in total. The maximum Gasteiger partial charge on any atom is 0.316 e. The molecule has 2 saturated carbocycles. The third-order valence-corrected chi connectivity index (χ3v) is 17.0. The Hall–Kier alpha value is -6.82. The maximum absolute atomic E-state index is 15.8. The van der Waals surface area contributed by atoms with Gasteiger partial charge in [-0.25, -0.2) is 0 Å². The Morgan fingerprint density at radius 3 is 2.27 bits per heavy atom. The predicted octanol–water partition coefficient (Wildman–Crippen LogP) is 11.2. The first-order valence-electron chi connectivity index (χ1n) is 25.9. The second-order valence-electron chi connectivity index (χ2n) is 20.9. The van der Waals surface area contributed by atoms with Crippen molar-refractivity contribution in [3.8, 4) is 39.9 Å². The van der Waals surface area contributed by atoms with Gasteiger partial charge in [-0.2, -0.15) is 0 Å². The standard InChI is InChI=1S/C62H67NO10/c1-37(65)72-57-32-46(73-60(69)61(21-9-6-10-22-61)44-18-16-41-25-45(66)30-48(47(41)29-44)40-15-11-14-39(24-40)35-63-2)31-51-49-34-59(71-4)55(67)27-42(49)17-19-52(51)62(23-20-38-12-7-5-8-13-38)53(57)26-43-28-58(70-3)56(68)33-50(43)54(62)36-64/h5,7-8,11-16,18,20,23-25,27-30,33-34,46,51-54,57,63-64,66-68H,6,9-10,17,19,21-22,26,31-32,35-36H2,1-4H3. The summed E-state index contributed by atoms with van der Waals surface area (Å²) >= 11 is 0. The van der Waals surface area contributed by atoms with E-state index in [1.54, 1.807) is 24.3 Å². The van der Waals surface area contributed by atoms with Gasteiger partial charge in [0.1, 0.15) is 18.0 Å². The van der Waals surface area contributed by atoms with Gasteiger partial charge >= 0.3 is 11.9 Å². The minimum atomic E-state index is -0.986.